The summed E-state index contributed by atoms with van der Waals surface area (Å²) in [6, 6.07) is 10.5. The first-order valence-electron chi connectivity index (χ1n) is 9.58. The molecule has 1 aliphatic heterocycles. The third kappa shape index (κ3) is 3.48. The second-order valence-corrected chi connectivity index (χ2v) is 8.00. The maximum absolute atomic E-state index is 12.6. The van der Waals surface area contributed by atoms with Gasteiger partial charge in [-0.05, 0) is 24.3 Å². The number of anilines is 2. The first kappa shape index (κ1) is 19.7. The first-order chi connectivity index (χ1) is 15.0. The normalized spacial score (nSPS) is 13.9. The zero-order valence-corrected chi connectivity index (χ0v) is 17.7. The molecule has 4 heterocycles. The van der Waals surface area contributed by atoms with Crippen LogP contribution in [0.1, 0.15) is 16.4 Å². The number of nitrogen functional groups attached to an aromatic ring is 1. The van der Waals surface area contributed by atoms with Crippen LogP contribution in [0.5, 0.6) is 0 Å². The Morgan fingerprint density at radius 1 is 1.16 bits per heavy atom. The van der Waals surface area contributed by atoms with Crippen molar-refractivity contribution in [3.8, 4) is 11.3 Å². The molecule has 0 radical (unpaired) electrons. The molecule has 4 N–H and O–H groups in total. The molecule has 1 aliphatic rings. The van der Waals surface area contributed by atoms with Gasteiger partial charge < -0.3 is 16.4 Å². The van der Waals surface area contributed by atoms with Crippen LogP contribution in [0.2, 0.25) is 10.0 Å². The Kier molecular flexibility index (Phi) is 4.97. The van der Waals surface area contributed by atoms with Crippen molar-refractivity contribution in [1.29, 1.82) is 0 Å². The molecule has 1 aromatic carbocycles. The fourth-order valence-corrected chi connectivity index (χ4v) is 4.03. The number of halogens is 2. The summed E-state index contributed by atoms with van der Waals surface area (Å²) in [6.07, 6.45) is 3.13. The number of hydrogen-bond donors (Lipinski definition) is 3. The van der Waals surface area contributed by atoms with Gasteiger partial charge >= 0.3 is 0 Å². The molecule has 1 fully saturated rings. The minimum Gasteiger partial charge on any atom is -0.383 e. The highest BCUT2D eigenvalue weighted by Gasteiger charge is 2.27. The number of fused-ring (bicyclic) bond motifs is 1. The van der Waals surface area contributed by atoms with Crippen LogP contribution >= 0.6 is 23.2 Å². The largest absolute Gasteiger partial charge is 0.383 e. The first-order valence-corrected chi connectivity index (χ1v) is 10.3. The number of amides is 1. The van der Waals surface area contributed by atoms with E-state index in [0.29, 0.717) is 43.9 Å². The highest BCUT2D eigenvalue weighted by atomic mass is 35.5. The number of aromatic nitrogens is 4. The summed E-state index contributed by atoms with van der Waals surface area (Å²) in [4.78, 5) is 20.9. The maximum atomic E-state index is 12.6. The summed E-state index contributed by atoms with van der Waals surface area (Å²) >= 11 is 13.0. The fraction of sp³-hybridized carbons (Fsp3) is 0.143. The topological polar surface area (TPSA) is 111 Å². The molecule has 156 valence electrons. The molecule has 0 bridgehead atoms. The predicted molar refractivity (Wildman–Crippen MR) is 121 cm³/mol. The molecule has 1 amide bonds. The average molecular weight is 454 g/mol. The lowest BCUT2D eigenvalue weighted by atomic mass is 10.1. The summed E-state index contributed by atoms with van der Waals surface area (Å²) in [5.41, 5.74) is 8.54. The Morgan fingerprint density at radius 2 is 2.00 bits per heavy atom. The van der Waals surface area contributed by atoms with Gasteiger partial charge in [-0.25, -0.2) is 9.97 Å². The lowest BCUT2D eigenvalue weighted by molar-refractivity contribution is 0.102. The molecule has 4 aromatic rings. The Morgan fingerprint density at radius 3 is 2.68 bits per heavy atom. The van der Waals surface area contributed by atoms with Crippen LogP contribution in [0.4, 0.5) is 11.6 Å². The lowest BCUT2D eigenvalue weighted by Gasteiger charge is -2.28. The van der Waals surface area contributed by atoms with Gasteiger partial charge in [-0.1, -0.05) is 35.3 Å². The molecule has 8 nitrogen and oxygen atoms in total. The third-order valence-electron chi connectivity index (χ3n) is 5.21. The van der Waals surface area contributed by atoms with E-state index in [1.165, 1.54) is 6.20 Å². The second-order valence-electron chi connectivity index (χ2n) is 7.18. The van der Waals surface area contributed by atoms with Gasteiger partial charge in [-0.3, -0.25) is 9.48 Å². The van der Waals surface area contributed by atoms with Crippen molar-refractivity contribution in [2.75, 3.05) is 24.1 Å². The number of hydrogen-bond acceptors (Lipinski definition) is 6. The molecule has 1 saturated heterocycles. The van der Waals surface area contributed by atoms with Gasteiger partial charge in [-0.2, -0.15) is 5.10 Å². The van der Waals surface area contributed by atoms with Crippen LogP contribution in [0, 0.1) is 0 Å². The molecule has 3 aromatic heterocycles. The number of nitrogens with two attached hydrogens (primary N) is 1. The van der Waals surface area contributed by atoms with Gasteiger partial charge in [0, 0.05) is 30.4 Å². The maximum Gasteiger partial charge on any atom is 0.256 e. The molecule has 0 atom stereocenters. The van der Waals surface area contributed by atoms with Gasteiger partial charge in [0.25, 0.3) is 5.91 Å². The van der Waals surface area contributed by atoms with E-state index in [-0.39, 0.29) is 11.9 Å². The van der Waals surface area contributed by atoms with Crippen molar-refractivity contribution in [2.45, 2.75) is 6.04 Å². The molecule has 10 heteroatoms. The van der Waals surface area contributed by atoms with Crippen molar-refractivity contribution in [2.24, 2.45) is 0 Å². The van der Waals surface area contributed by atoms with E-state index in [1.54, 1.807) is 42.6 Å². The monoisotopic (exact) mass is 453 g/mol. The number of pyridine rings is 2. The molecular formula is C21H17Cl2N7O. The predicted octanol–water partition coefficient (Wildman–Crippen LogP) is 3.78. The quantitative estimate of drug-likeness (QED) is 0.433. The van der Waals surface area contributed by atoms with E-state index >= 15 is 0 Å². The highest BCUT2D eigenvalue weighted by molar-refractivity contribution is 6.37. The van der Waals surface area contributed by atoms with E-state index in [1.807, 2.05) is 4.68 Å². The number of nitrogens with one attached hydrogen (secondary N) is 2. The smallest absolute Gasteiger partial charge is 0.256 e. The van der Waals surface area contributed by atoms with Gasteiger partial charge in [0.1, 0.15) is 17.3 Å². The minimum atomic E-state index is -0.313. The summed E-state index contributed by atoms with van der Waals surface area (Å²) in [5, 5.41) is 12.2. The van der Waals surface area contributed by atoms with E-state index in [0.717, 1.165) is 18.6 Å². The average Bonchev–Trinajstić information content (AvgIpc) is 3.11. The van der Waals surface area contributed by atoms with Crippen LogP contribution in [0.25, 0.3) is 22.2 Å². The van der Waals surface area contributed by atoms with Crippen LogP contribution in [0.15, 0.2) is 48.8 Å². The van der Waals surface area contributed by atoms with Crippen molar-refractivity contribution in [3.05, 3.63) is 64.4 Å². The van der Waals surface area contributed by atoms with Crippen LogP contribution in [0.3, 0.4) is 0 Å². The third-order valence-corrected chi connectivity index (χ3v) is 5.80. The summed E-state index contributed by atoms with van der Waals surface area (Å²) in [7, 11) is 0. The van der Waals surface area contributed by atoms with E-state index in [4.69, 9.17) is 34.0 Å². The Labute approximate surface area is 187 Å². The van der Waals surface area contributed by atoms with Crippen molar-refractivity contribution in [1.82, 2.24) is 25.1 Å². The van der Waals surface area contributed by atoms with Crippen molar-refractivity contribution < 1.29 is 4.79 Å². The molecule has 0 unspecified atom stereocenters. The van der Waals surface area contributed by atoms with Crippen LogP contribution < -0.4 is 16.4 Å². The second kappa shape index (κ2) is 7.81. The van der Waals surface area contributed by atoms with Gasteiger partial charge in [-0.15, -0.1) is 0 Å². The molecule has 0 saturated carbocycles. The standard InChI is InChI=1S/C21H17Cl2N7O/c22-14-7-11(21(31)28-16-3-1-2-6-26-16)4-5-13(14)18-17-19(15(23)10-27-20(17)24)30(29-18)12-8-25-9-12/h1-7,10,12,25H,8-9H2,(H2,24,27)(H,26,28,31). The Balaban J connectivity index is 1.56. The van der Waals surface area contributed by atoms with Gasteiger partial charge in [0.2, 0.25) is 0 Å². The minimum absolute atomic E-state index is 0.165. The number of carbonyl (C=O) groups is 1. The SMILES string of the molecule is Nc1ncc(Cl)c2c1c(-c1ccc(C(=O)Nc3ccccn3)cc1Cl)nn2C1CNC1. The molecular weight excluding hydrogens is 437 g/mol. The summed E-state index contributed by atoms with van der Waals surface area (Å²) in [5.74, 6) is 0.466. The molecule has 0 spiro atoms. The van der Waals surface area contributed by atoms with E-state index in [9.17, 15) is 4.79 Å². The van der Waals surface area contributed by atoms with Crippen LogP contribution in [-0.2, 0) is 0 Å². The van der Waals surface area contributed by atoms with Gasteiger partial charge in [0.05, 0.1) is 33.2 Å². The van der Waals surface area contributed by atoms with Crippen molar-refractivity contribution in [3.63, 3.8) is 0 Å². The van der Waals surface area contributed by atoms with Crippen molar-refractivity contribution >= 4 is 51.6 Å². The number of nitrogens with zero attached hydrogens (tertiary/aromatic N) is 4. The Bertz CT molecular complexity index is 1300. The zero-order chi connectivity index (χ0) is 21.5. The molecule has 31 heavy (non-hydrogen) atoms. The number of benzene rings is 1. The fourth-order valence-electron chi connectivity index (χ4n) is 3.53. The molecule has 0 aliphatic carbocycles. The number of rotatable bonds is 4. The summed E-state index contributed by atoms with van der Waals surface area (Å²) < 4.78 is 1.87. The highest BCUT2D eigenvalue weighted by Crippen LogP contribution is 2.39. The van der Waals surface area contributed by atoms with Crippen LogP contribution in [-0.4, -0.2) is 38.7 Å². The Hall–Kier alpha value is -3.20. The van der Waals surface area contributed by atoms with E-state index < -0.39 is 0 Å². The van der Waals surface area contributed by atoms with Gasteiger partial charge in [0.15, 0.2) is 0 Å². The van der Waals surface area contributed by atoms with E-state index in [2.05, 4.69) is 20.6 Å². The number of carbonyl (C=O) groups excluding carboxylic acids is 1. The summed E-state index contributed by atoms with van der Waals surface area (Å²) in [6.45, 7) is 1.57. The zero-order valence-electron chi connectivity index (χ0n) is 16.1. The lowest BCUT2D eigenvalue weighted by Crippen LogP contribution is -2.43. The molecule has 5 rings (SSSR count).